The number of carbonyl (C=O) groups is 1. The highest BCUT2D eigenvalue weighted by atomic mass is 16.5. The Morgan fingerprint density at radius 1 is 1.45 bits per heavy atom. The highest BCUT2D eigenvalue weighted by molar-refractivity contribution is 5.91. The van der Waals surface area contributed by atoms with Crippen LogP contribution in [0, 0.1) is 24.7 Å². The number of nitrogens with one attached hydrogen (secondary N) is 1. The van der Waals surface area contributed by atoms with E-state index in [0.29, 0.717) is 13.0 Å². The van der Waals surface area contributed by atoms with Gasteiger partial charge in [-0.1, -0.05) is 18.8 Å². The molecule has 1 rings (SSSR count). The molecule has 1 aromatic carbocycles. The lowest BCUT2D eigenvalue weighted by Gasteiger charge is -2.11. The number of benzene rings is 1. The molecule has 20 heavy (non-hydrogen) atoms. The zero-order valence-corrected chi connectivity index (χ0v) is 12.2. The van der Waals surface area contributed by atoms with Crippen LogP contribution in [0.15, 0.2) is 18.2 Å². The van der Waals surface area contributed by atoms with Gasteiger partial charge in [0.1, 0.15) is 6.61 Å². The predicted molar refractivity (Wildman–Crippen MR) is 79.4 cm³/mol. The fourth-order valence-electron chi connectivity index (χ4n) is 1.94. The van der Waals surface area contributed by atoms with E-state index < -0.39 is 0 Å². The number of aliphatic hydroxyl groups excluding tert-OH is 1. The molecule has 1 atom stereocenters. The van der Waals surface area contributed by atoms with E-state index in [1.54, 1.807) is 13.2 Å². The molecule has 0 aliphatic carbocycles. The highest BCUT2D eigenvalue weighted by Gasteiger charge is 2.09. The van der Waals surface area contributed by atoms with E-state index in [-0.39, 0.29) is 18.4 Å². The molecule has 2 N–H and O–H groups in total. The fourth-order valence-corrected chi connectivity index (χ4v) is 1.94. The van der Waals surface area contributed by atoms with Crippen LogP contribution in [0.2, 0.25) is 0 Å². The number of rotatable bonds is 5. The lowest BCUT2D eigenvalue weighted by atomic mass is 10.1. The summed E-state index contributed by atoms with van der Waals surface area (Å²) in [5, 5.41) is 11.6. The van der Waals surface area contributed by atoms with Crippen LogP contribution in [-0.4, -0.2) is 31.3 Å². The predicted octanol–water partition coefficient (Wildman–Crippen LogP) is 1.95. The van der Waals surface area contributed by atoms with Gasteiger partial charge in [0.15, 0.2) is 0 Å². The molecular weight excluding hydrogens is 254 g/mol. The summed E-state index contributed by atoms with van der Waals surface area (Å²) in [6.45, 7) is 4.30. The maximum Gasteiger partial charge on any atom is 0.224 e. The number of hydrogen-bond acceptors (Lipinski definition) is 3. The summed E-state index contributed by atoms with van der Waals surface area (Å²) in [4.78, 5) is 11.9. The van der Waals surface area contributed by atoms with E-state index >= 15 is 0 Å². The van der Waals surface area contributed by atoms with Crippen LogP contribution < -0.4 is 5.32 Å². The molecule has 0 aromatic heterocycles. The number of hydrogen-bond donors (Lipinski definition) is 2. The van der Waals surface area contributed by atoms with Crippen molar-refractivity contribution in [3.05, 3.63) is 29.3 Å². The van der Waals surface area contributed by atoms with E-state index in [9.17, 15) is 4.79 Å². The number of aryl methyl sites for hydroxylation is 1. The number of carbonyl (C=O) groups excluding carboxylic acids is 1. The lowest BCUT2D eigenvalue weighted by Crippen LogP contribution is -2.17. The van der Waals surface area contributed by atoms with Crippen LogP contribution in [0.5, 0.6) is 0 Å². The standard InChI is InChI=1S/C16H21NO3/c1-12-7-14(5-4-6-18)10-15(8-12)17-16(19)9-13(2)11-20-3/h7-8,10,13,18H,6,9,11H2,1-3H3,(H,17,19). The Balaban J connectivity index is 2.72. The number of amides is 1. The first kappa shape index (κ1) is 16.2. The minimum absolute atomic E-state index is 0.0405. The van der Waals surface area contributed by atoms with Crippen LogP contribution in [0.4, 0.5) is 5.69 Å². The van der Waals surface area contributed by atoms with Crippen LogP contribution in [0.25, 0.3) is 0 Å². The molecule has 4 nitrogen and oxygen atoms in total. The average molecular weight is 275 g/mol. The van der Waals surface area contributed by atoms with Crippen molar-refractivity contribution in [3.63, 3.8) is 0 Å². The Labute approximate surface area is 120 Å². The van der Waals surface area contributed by atoms with E-state index in [1.807, 2.05) is 26.0 Å². The third-order valence-corrected chi connectivity index (χ3v) is 2.66. The Kier molecular flexibility index (Phi) is 6.78. The summed E-state index contributed by atoms with van der Waals surface area (Å²) in [5.41, 5.74) is 2.51. The van der Waals surface area contributed by atoms with Gasteiger partial charge in [-0.05, 0) is 36.6 Å². The molecule has 0 saturated heterocycles. The maximum absolute atomic E-state index is 11.9. The summed E-state index contributed by atoms with van der Waals surface area (Å²) in [7, 11) is 1.63. The van der Waals surface area contributed by atoms with Crippen molar-refractivity contribution >= 4 is 11.6 Å². The summed E-state index contributed by atoms with van der Waals surface area (Å²) in [6, 6.07) is 5.60. The van der Waals surface area contributed by atoms with Crippen molar-refractivity contribution in [3.8, 4) is 11.8 Å². The molecule has 4 heteroatoms. The first-order chi connectivity index (χ1) is 9.55. The lowest BCUT2D eigenvalue weighted by molar-refractivity contribution is -0.117. The van der Waals surface area contributed by atoms with Gasteiger partial charge >= 0.3 is 0 Å². The SMILES string of the molecule is COCC(C)CC(=O)Nc1cc(C)cc(C#CCO)c1. The van der Waals surface area contributed by atoms with Crippen molar-refractivity contribution < 1.29 is 14.6 Å². The number of methoxy groups -OCH3 is 1. The van der Waals surface area contributed by atoms with E-state index in [4.69, 9.17) is 9.84 Å². The number of aliphatic hydroxyl groups is 1. The summed E-state index contributed by atoms with van der Waals surface area (Å²) < 4.78 is 5.02. The molecule has 0 fully saturated rings. The minimum atomic E-state index is -0.176. The van der Waals surface area contributed by atoms with Gasteiger partial charge in [0, 0.05) is 31.4 Å². The largest absolute Gasteiger partial charge is 0.384 e. The second-order valence-electron chi connectivity index (χ2n) is 4.86. The van der Waals surface area contributed by atoms with Gasteiger partial charge in [-0.15, -0.1) is 0 Å². The molecule has 0 aliphatic heterocycles. The van der Waals surface area contributed by atoms with Crippen LogP contribution in [-0.2, 0) is 9.53 Å². The van der Waals surface area contributed by atoms with Gasteiger partial charge in [-0.3, -0.25) is 4.79 Å². The van der Waals surface area contributed by atoms with Gasteiger partial charge in [-0.25, -0.2) is 0 Å². The van der Waals surface area contributed by atoms with Crippen LogP contribution in [0.1, 0.15) is 24.5 Å². The van der Waals surface area contributed by atoms with Crippen LogP contribution in [0.3, 0.4) is 0 Å². The smallest absolute Gasteiger partial charge is 0.224 e. The van der Waals surface area contributed by atoms with Crippen molar-refractivity contribution in [1.82, 2.24) is 0 Å². The van der Waals surface area contributed by atoms with Crippen LogP contribution >= 0.6 is 0 Å². The molecule has 0 saturated carbocycles. The molecule has 108 valence electrons. The third-order valence-electron chi connectivity index (χ3n) is 2.66. The first-order valence-electron chi connectivity index (χ1n) is 6.55. The molecule has 0 spiro atoms. The Morgan fingerprint density at radius 3 is 2.85 bits per heavy atom. The zero-order chi connectivity index (χ0) is 15.0. The monoisotopic (exact) mass is 275 g/mol. The topological polar surface area (TPSA) is 58.6 Å². The quantitative estimate of drug-likeness (QED) is 0.808. The number of anilines is 1. The third kappa shape index (κ3) is 5.87. The van der Waals surface area contributed by atoms with Crippen molar-refractivity contribution in [1.29, 1.82) is 0 Å². The van der Waals surface area contributed by atoms with Gasteiger partial charge in [0.2, 0.25) is 5.91 Å². The second kappa shape index (κ2) is 8.36. The number of ether oxygens (including phenoxy) is 1. The molecule has 0 aliphatic rings. The Morgan fingerprint density at radius 2 is 2.20 bits per heavy atom. The molecule has 1 amide bonds. The van der Waals surface area contributed by atoms with Crippen molar-refractivity contribution in [2.45, 2.75) is 20.3 Å². The summed E-state index contributed by atoms with van der Waals surface area (Å²) >= 11 is 0. The molecule has 0 radical (unpaired) electrons. The minimum Gasteiger partial charge on any atom is -0.384 e. The summed E-state index contributed by atoms with van der Waals surface area (Å²) in [5.74, 6) is 5.57. The normalized spacial score (nSPS) is 11.4. The first-order valence-corrected chi connectivity index (χ1v) is 6.55. The van der Waals surface area contributed by atoms with Gasteiger partial charge in [0.25, 0.3) is 0 Å². The fraction of sp³-hybridized carbons (Fsp3) is 0.438. The maximum atomic E-state index is 11.9. The van der Waals surface area contributed by atoms with Gasteiger partial charge in [-0.2, -0.15) is 0 Å². The molecule has 1 aromatic rings. The van der Waals surface area contributed by atoms with E-state index in [1.165, 1.54) is 0 Å². The Bertz CT molecular complexity index is 514. The molecular formula is C16H21NO3. The molecule has 0 heterocycles. The molecule has 1 unspecified atom stereocenters. The Hall–Kier alpha value is -1.83. The van der Waals surface area contributed by atoms with E-state index in [2.05, 4.69) is 17.2 Å². The van der Waals surface area contributed by atoms with Crippen molar-refractivity contribution in [2.24, 2.45) is 5.92 Å². The average Bonchev–Trinajstić information content (AvgIpc) is 2.35. The molecule has 0 bridgehead atoms. The van der Waals surface area contributed by atoms with E-state index in [0.717, 1.165) is 16.8 Å². The zero-order valence-electron chi connectivity index (χ0n) is 12.2. The second-order valence-corrected chi connectivity index (χ2v) is 4.86. The highest BCUT2D eigenvalue weighted by Crippen LogP contribution is 2.15. The van der Waals surface area contributed by atoms with Crippen molar-refractivity contribution in [2.75, 3.05) is 25.6 Å². The van der Waals surface area contributed by atoms with Gasteiger partial charge < -0.3 is 15.2 Å². The summed E-state index contributed by atoms with van der Waals surface area (Å²) in [6.07, 6.45) is 0.416. The van der Waals surface area contributed by atoms with Gasteiger partial charge in [0.05, 0.1) is 0 Å².